The molecule has 1 aliphatic rings. The lowest BCUT2D eigenvalue weighted by Gasteiger charge is -2.12. The van der Waals surface area contributed by atoms with Gasteiger partial charge in [0, 0.05) is 9.90 Å². The lowest BCUT2D eigenvalue weighted by Crippen LogP contribution is -2.17. The van der Waals surface area contributed by atoms with E-state index in [1.54, 1.807) is 35.9 Å². The first-order chi connectivity index (χ1) is 15.1. The molecule has 2 heterocycles. The lowest BCUT2D eigenvalue weighted by atomic mass is 9.95. The number of aromatic nitrogens is 4. The second-order valence-electron chi connectivity index (χ2n) is 6.82. The Kier molecular flexibility index (Phi) is 6.89. The molecule has 8 nitrogen and oxygen atoms in total. The highest BCUT2D eigenvalue weighted by atomic mass is 35.5. The van der Waals surface area contributed by atoms with Gasteiger partial charge in [-0.1, -0.05) is 23.4 Å². The summed E-state index contributed by atoms with van der Waals surface area (Å²) >= 11 is 8.61. The van der Waals surface area contributed by atoms with Gasteiger partial charge in [-0.3, -0.25) is 4.79 Å². The molecule has 31 heavy (non-hydrogen) atoms. The maximum absolute atomic E-state index is 12.7. The average Bonchev–Trinajstić information content (AvgIpc) is 3.37. The van der Waals surface area contributed by atoms with Crippen LogP contribution in [0, 0.1) is 0 Å². The Bertz CT molecular complexity index is 1100. The van der Waals surface area contributed by atoms with Crippen LogP contribution in [0.15, 0.2) is 29.4 Å². The van der Waals surface area contributed by atoms with Crippen LogP contribution >= 0.6 is 34.7 Å². The molecule has 1 aromatic carbocycles. The van der Waals surface area contributed by atoms with Gasteiger partial charge in [0.2, 0.25) is 11.1 Å². The molecule has 4 rings (SSSR count). The monoisotopic (exact) mass is 477 g/mol. The molecule has 0 unspecified atom stereocenters. The smallest absolute Gasteiger partial charge is 0.341 e. The van der Waals surface area contributed by atoms with E-state index in [4.69, 9.17) is 16.3 Å². The van der Waals surface area contributed by atoms with E-state index in [9.17, 15) is 9.59 Å². The number of rotatable bonds is 7. The maximum Gasteiger partial charge on any atom is 0.341 e. The summed E-state index contributed by atoms with van der Waals surface area (Å²) in [6, 6.07) is 7.08. The number of benzene rings is 1. The highest BCUT2D eigenvalue weighted by molar-refractivity contribution is 7.99. The Morgan fingerprint density at radius 3 is 2.81 bits per heavy atom. The number of esters is 1. The van der Waals surface area contributed by atoms with Crippen molar-refractivity contribution in [3.8, 4) is 5.69 Å². The van der Waals surface area contributed by atoms with E-state index in [0.717, 1.165) is 41.8 Å². The summed E-state index contributed by atoms with van der Waals surface area (Å²) in [6.45, 7) is 2.07. The number of fused-ring (bicyclic) bond motifs is 1. The molecule has 0 saturated heterocycles. The van der Waals surface area contributed by atoms with Crippen molar-refractivity contribution in [2.75, 3.05) is 17.7 Å². The van der Waals surface area contributed by atoms with Gasteiger partial charge >= 0.3 is 5.97 Å². The number of aryl methyl sites for hydroxylation is 1. The number of hydrogen-bond acceptors (Lipinski definition) is 8. The van der Waals surface area contributed by atoms with Crippen LogP contribution < -0.4 is 5.32 Å². The Labute approximate surface area is 192 Å². The van der Waals surface area contributed by atoms with Crippen LogP contribution in [-0.2, 0) is 22.4 Å². The fourth-order valence-corrected chi connectivity index (χ4v) is 5.49. The van der Waals surface area contributed by atoms with Gasteiger partial charge in [0.1, 0.15) is 5.00 Å². The minimum absolute atomic E-state index is 0.0960. The van der Waals surface area contributed by atoms with Crippen LogP contribution in [0.1, 0.15) is 40.6 Å². The quantitative estimate of drug-likeness (QED) is 0.402. The molecular formula is C20H20ClN5O3S2. The third kappa shape index (κ3) is 4.91. The number of nitrogens with one attached hydrogen (secondary N) is 1. The molecule has 0 bridgehead atoms. The molecule has 0 radical (unpaired) electrons. The van der Waals surface area contributed by atoms with Crippen LogP contribution in [0.2, 0.25) is 5.02 Å². The van der Waals surface area contributed by atoms with Crippen molar-refractivity contribution in [1.82, 2.24) is 20.2 Å². The van der Waals surface area contributed by atoms with Gasteiger partial charge in [-0.05, 0) is 72.9 Å². The first kappa shape index (κ1) is 21.8. The molecular weight excluding hydrogens is 458 g/mol. The SMILES string of the molecule is CCOC(=O)c1c(NC(=O)CSc2nnnn2-c2ccc(Cl)cc2)sc2c1CCCC2. The highest BCUT2D eigenvalue weighted by Crippen LogP contribution is 2.38. The summed E-state index contributed by atoms with van der Waals surface area (Å²) in [5.41, 5.74) is 2.27. The normalized spacial score (nSPS) is 13.0. The molecule has 3 aromatic rings. The second-order valence-corrected chi connectivity index (χ2v) is 9.31. The van der Waals surface area contributed by atoms with Crippen molar-refractivity contribution in [2.45, 2.75) is 37.8 Å². The number of thiophene rings is 1. The molecule has 1 amide bonds. The number of anilines is 1. The van der Waals surface area contributed by atoms with Crippen molar-refractivity contribution >= 4 is 51.6 Å². The number of halogens is 1. The Balaban J connectivity index is 1.47. The number of carbonyl (C=O) groups is 2. The molecule has 0 aliphatic heterocycles. The van der Waals surface area contributed by atoms with Gasteiger partial charge in [-0.25, -0.2) is 4.79 Å². The van der Waals surface area contributed by atoms with Gasteiger partial charge in [-0.2, -0.15) is 4.68 Å². The number of hydrogen-bond donors (Lipinski definition) is 1. The summed E-state index contributed by atoms with van der Waals surface area (Å²) < 4.78 is 6.78. The first-order valence-corrected chi connectivity index (χ1v) is 12.0. The maximum atomic E-state index is 12.7. The number of thioether (sulfide) groups is 1. The summed E-state index contributed by atoms with van der Waals surface area (Å²) in [4.78, 5) is 26.4. The predicted molar refractivity (Wildman–Crippen MR) is 120 cm³/mol. The van der Waals surface area contributed by atoms with E-state index in [1.807, 2.05) is 0 Å². The van der Waals surface area contributed by atoms with E-state index in [0.29, 0.717) is 27.4 Å². The molecule has 1 N–H and O–H groups in total. The fraction of sp³-hybridized carbons (Fsp3) is 0.350. The van der Waals surface area contributed by atoms with Gasteiger partial charge in [0.15, 0.2) is 0 Å². The van der Waals surface area contributed by atoms with E-state index < -0.39 is 0 Å². The molecule has 11 heteroatoms. The molecule has 0 fully saturated rings. The summed E-state index contributed by atoms with van der Waals surface area (Å²) in [6.07, 6.45) is 3.88. The Morgan fingerprint density at radius 1 is 1.26 bits per heavy atom. The van der Waals surface area contributed by atoms with Crippen molar-refractivity contribution in [3.63, 3.8) is 0 Å². The van der Waals surface area contributed by atoms with Crippen molar-refractivity contribution in [1.29, 1.82) is 0 Å². The zero-order valence-corrected chi connectivity index (χ0v) is 19.1. The van der Waals surface area contributed by atoms with Crippen molar-refractivity contribution in [3.05, 3.63) is 45.3 Å². The van der Waals surface area contributed by atoms with Crippen LogP contribution in [0.3, 0.4) is 0 Å². The zero-order chi connectivity index (χ0) is 21.8. The molecule has 1 aliphatic carbocycles. The van der Waals surface area contributed by atoms with Crippen LogP contribution in [0.25, 0.3) is 5.69 Å². The zero-order valence-electron chi connectivity index (χ0n) is 16.8. The topological polar surface area (TPSA) is 99.0 Å². The summed E-state index contributed by atoms with van der Waals surface area (Å²) in [7, 11) is 0. The second kappa shape index (κ2) is 9.80. The third-order valence-corrected chi connectivity index (χ3v) is 7.13. The average molecular weight is 478 g/mol. The minimum Gasteiger partial charge on any atom is -0.462 e. The standard InChI is InChI=1S/C20H20ClN5O3S2/c1-2-29-19(28)17-14-5-3-4-6-15(14)31-18(17)22-16(27)11-30-20-23-24-25-26(20)13-9-7-12(21)8-10-13/h7-10H,2-6,11H2,1H3,(H,22,27). The first-order valence-electron chi connectivity index (χ1n) is 9.85. The van der Waals surface area contributed by atoms with Crippen molar-refractivity contribution < 1.29 is 14.3 Å². The van der Waals surface area contributed by atoms with E-state index in [2.05, 4.69) is 20.8 Å². The summed E-state index contributed by atoms with van der Waals surface area (Å²) in [5, 5.41) is 16.2. The van der Waals surface area contributed by atoms with E-state index in [1.165, 1.54) is 23.1 Å². The van der Waals surface area contributed by atoms with Gasteiger partial charge < -0.3 is 10.1 Å². The minimum atomic E-state index is -0.378. The Morgan fingerprint density at radius 2 is 2.03 bits per heavy atom. The molecule has 0 saturated carbocycles. The number of carbonyl (C=O) groups excluding carboxylic acids is 2. The van der Waals surface area contributed by atoms with E-state index >= 15 is 0 Å². The fourth-order valence-electron chi connectivity index (χ4n) is 3.38. The number of tetrazole rings is 1. The molecule has 0 atom stereocenters. The van der Waals surface area contributed by atoms with Gasteiger partial charge in [-0.15, -0.1) is 16.4 Å². The van der Waals surface area contributed by atoms with Gasteiger partial charge in [0.05, 0.1) is 23.6 Å². The van der Waals surface area contributed by atoms with E-state index in [-0.39, 0.29) is 17.6 Å². The molecule has 2 aromatic heterocycles. The lowest BCUT2D eigenvalue weighted by molar-refractivity contribution is -0.113. The van der Waals surface area contributed by atoms with Gasteiger partial charge in [0.25, 0.3) is 0 Å². The molecule has 0 spiro atoms. The van der Waals surface area contributed by atoms with Crippen LogP contribution in [0.4, 0.5) is 5.00 Å². The summed E-state index contributed by atoms with van der Waals surface area (Å²) in [5.74, 6) is -0.518. The number of amides is 1. The highest BCUT2D eigenvalue weighted by Gasteiger charge is 2.27. The van der Waals surface area contributed by atoms with Crippen LogP contribution in [0.5, 0.6) is 0 Å². The largest absolute Gasteiger partial charge is 0.462 e. The van der Waals surface area contributed by atoms with Crippen LogP contribution in [-0.4, -0.2) is 44.4 Å². The number of ether oxygens (including phenoxy) is 1. The molecule has 162 valence electrons. The number of nitrogens with zero attached hydrogens (tertiary/aromatic N) is 4. The third-order valence-electron chi connectivity index (χ3n) is 4.75. The van der Waals surface area contributed by atoms with Crippen molar-refractivity contribution in [2.24, 2.45) is 0 Å². The Hall–Kier alpha value is -2.43. The predicted octanol–water partition coefficient (Wildman–Crippen LogP) is 4.16.